The summed E-state index contributed by atoms with van der Waals surface area (Å²) in [6.45, 7) is 6.99. The van der Waals surface area contributed by atoms with E-state index in [1.807, 2.05) is 0 Å². The normalized spacial score (nSPS) is 27.1. The van der Waals surface area contributed by atoms with Crippen LogP contribution in [0.4, 0.5) is 0 Å². The van der Waals surface area contributed by atoms with Crippen molar-refractivity contribution in [3.05, 3.63) is 0 Å². The molecule has 0 aromatic rings. The fourth-order valence-electron chi connectivity index (χ4n) is 4.05. The Hall–Kier alpha value is -0.0400. The molecule has 1 aliphatic rings. The first-order valence-corrected chi connectivity index (χ1v) is 9.34. The van der Waals surface area contributed by atoms with Crippen LogP contribution in [0.2, 0.25) is 0 Å². The van der Waals surface area contributed by atoms with Crippen LogP contribution in [-0.2, 0) is 0 Å². The number of nitrogens with two attached hydrogens (primary N) is 1. The summed E-state index contributed by atoms with van der Waals surface area (Å²) in [4.78, 5) is 0. The molecular formula is C19H39N. The van der Waals surface area contributed by atoms with E-state index < -0.39 is 0 Å². The molecule has 1 aliphatic carbocycles. The van der Waals surface area contributed by atoms with Gasteiger partial charge in [-0.25, -0.2) is 0 Å². The Morgan fingerprint density at radius 3 is 2.35 bits per heavy atom. The molecule has 1 rings (SSSR count). The van der Waals surface area contributed by atoms with Gasteiger partial charge in [0.1, 0.15) is 0 Å². The lowest BCUT2D eigenvalue weighted by atomic mass is 9.71. The summed E-state index contributed by atoms with van der Waals surface area (Å²) in [6.07, 6.45) is 17.8. The van der Waals surface area contributed by atoms with Gasteiger partial charge in [0.15, 0.2) is 0 Å². The number of hydrogen-bond acceptors (Lipinski definition) is 1. The average molecular weight is 282 g/mol. The van der Waals surface area contributed by atoms with Gasteiger partial charge in [-0.15, -0.1) is 0 Å². The van der Waals surface area contributed by atoms with Crippen molar-refractivity contribution in [2.45, 2.75) is 110 Å². The zero-order valence-electron chi connectivity index (χ0n) is 14.4. The average Bonchev–Trinajstić information content (AvgIpc) is 2.37. The first-order chi connectivity index (χ1) is 9.56. The maximum absolute atomic E-state index is 6.69. The van der Waals surface area contributed by atoms with E-state index in [1.54, 1.807) is 0 Å². The summed E-state index contributed by atoms with van der Waals surface area (Å²) in [6, 6.07) is 0. The van der Waals surface area contributed by atoms with Crippen molar-refractivity contribution in [2.75, 3.05) is 0 Å². The van der Waals surface area contributed by atoms with E-state index in [-0.39, 0.29) is 5.54 Å². The van der Waals surface area contributed by atoms with E-state index >= 15 is 0 Å². The van der Waals surface area contributed by atoms with Crippen LogP contribution in [0, 0.1) is 11.8 Å². The Morgan fingerprint density at radius 1 is 1.05 bits per heavy atom. The van der Waals surface area contributed by atoms with Crippen LogP contribution in [0.25, 0.3) is 0 Å². The maximum Gasteiger partial charge on any atom is 0.0157 e. The molecule has 20 heavy (non-hydrogen) atoms. The fourth-order valence-corrected chi connectivity index (χ4v) is 4.05. The van der Waals surface area contributed by atoms with Crippen LogP contribution < -0.4 is 5.73 Å². The summed E-state index contributed by atoms with van der Waals surface area (Å²) in [5.41, 5.74) is 6.87. The van der Waals surface area contributed by atoms with Crippen LogP contribution in [0.5, 0.6) is 0 Å². The van der Waals surface area contributed by atoms with Gasteiger partial charge in [0.05, 0.1) is 0 Å². The summed E-state index contributed by atoms with van der Waals surface area (Å²) in [5.74, 6) is 1.74. The van der Waals surface area contributed by atoms with Gasteiger partial charge in [-0.05, 0) is 37.5 Å². The highest BCUT2D eigenvalue weighted by Gasteiger charge is 2.32. The SMILES string of the molecule is CCCCCCCCCC1(N)CCCC(CC(C)C)C1. The Bertz CT molecular complexity index is 236. The summed E-state index contributed by atoms with van der Waals surface area (Å²) < 4.78 is 0. The van der Waals surface area contributed by atoms with Crippen LogP contribution in [-0.4, -0.2) is 5.54 Å². The van der Waals surface area contributed by atoms with Crippen molar-refractivity contribution < 1.29 is 0 Å². The molecular weight excluding hydrogens is 242 g/mol. The van der Waals surface area contributed by atoms with Crippen molar-refractivity contribution in [1.82, 2.24) is 0 Å². The van der Waals surface area contributed by atoms with Crippen LogP contribution in [0.1, 0.15) is 104 Å². The van der Waals surface area contributed by atoms with Crippen LogP contribution in [0.3, 0.4) is 0 Å². The van der Waals surface area contributed by atoms with Crippen molar-refractivity contribution in [3.63, 3.8) is 0 Å². The summed E-state index contributed by atoms with van der Waals surface area (Å²) >= 11 is 0. The van der Waals surface area contributed by atoms with Gasteiger partial charge in [-0.2, -0.15) is 0 Å². The van der Waals surface area contributed by atoms with Gasteiger partial charge in [0.2, 0.25) is 0 Å². The van der Waals surface area contributed by atoms with E-state index in [2.05, 4.69) is 20.8 Å². The number of rotatable bonds is 10. The third-order valence-electron chi connectivity index (χ3n) is 5.07. The fraction of sp³-hybridized carbons (Fsp3) is 1.00. The van der Waals surface area contributed by atoms with E-state index in [0.29, 0.717) is 0 Å². The van der Waals surface area contributed by atoms with Gasteiger partial charge in [-0.3, -0.25) is 0 Å². The van der Waals surface area contributed by atoms with Crippen molar-refractivity contribution in [1.29, 1.82) is 0 Å². The van der Waals surface area contributed by atoms with Gasteiger partial charge >= 0.3 is 0 Å². The smallest absolute Gasteiger partial charge is 0.0157 e. The Kier molecular flexibility index (Phi) is 8.84. The molecule has 2 atom stereocenters. The molecule has 1 nitrogen and oxygen atoms in total. The molecule has 1 heteroatoms. The third kappa shape index (κ3) is 7.67. The van der Waals surface area contributed by atoms with Crippen LogP contribution >= 0.6 is 0 Å². The van der Waals surface area contributed by atoms with Crippen molar-refractivity contribution >= 4 is 0 Å². The van der Waals surface area contributed by atoms with Gasteiger partial charge in [0.25, 0.3) is 0 Å². The highest BCUT2D eigenvalue weighted by atomic mass is 14.7. The number of unbranched alkanes of at least 4 members (excludes halogenated alkanes) is 6. The first-order valence-electron chi connectivity index (χ1n) is 9.34. The Morgan fingerprint density at radius 2 is 1.70 bits per heavy atom. The molecule has 0 radical (unpaired) electrons. The molecule has 120 valence electrons. The minimum absolute atomic E-state index is 0.182. The van der Waals surface area contributed by atoms with Gasteiger partial charge in [-0.1, -0.05) is 78.6 Å². The first kappa shape index (κ1) is 18.0. The minimum atomic E-state index is 0.182. The zero-order chi connectivity index (χ0) is 14.8. The second-order valence-electron chi connectivity index (χ2n) is 7.83. The molecule has 2 N–H and O–H groups in total. The highest BCUT2D eigenvalue weighted by Crippen LogP contribution is 2.37. The molecule has 1 fully saturated rings. The molecule has 2 unspecified atom stereocenters. The van der Waals surface area contributed by atoms with Crippen molar-refractivity contribution in [2.24, 2.45) is 17.6 Å². The Labute approximate surface area is 128 Å². The monoisotopic (exact) mass is 281 g/mol. The molecule has 0 aliphatic heterocycles. The lowest BCUT2D eigenvalue weighted by Gasteiger charge is -2.39. The third-order valence-corrected chi connectivity index (χ3v) is 5.07. The Balaban J connectivity index is 2.14. The molecule has 0 spiro atoms. The molecule has 0 amide bonds. The molecule has 0 heterocycles. The summed E-state index contributed by atoms with van der Waals surface area (Å²) in [7, 11) is 0. The van der Waals surface area contributed by atoms with Gasteiger partial charge < -0.3 is 5.73 Å². The van der Waals surface area contributed by atoms with Crippen LogP contribution in [0.15, 0.2) is 0 Å². The largest absolute Gasteiger partial charge is 0.325 e. The molecule has 0 aromatic heterocycles. The minimum Gasteiger partial charge on any atom is -0.325 e. The zero-order valence-corrected chi connectivity index (χ0v) is 14.4. The van der Waals surface area contributed by atoms with E-state index in [9.17, 15) is 0 Å². The lowest BCUT2D eigenvalue weighted by molar-refractivity contribution is 0.188. The van der Waals surface area contributed by atoms with Crippen molar-refractivity contribution in [3.8, 4) is 0 Å². The molecule has 0 bridgehead atoms. The summed E-state index contributed by atoms with van der Waals surface area (Å²) in [5, 5.41) is 0. The number of hydrogen-bond donors (Lipinski definition) is 1. The van der Waals surface area contributed by atoms with Gasteiger partial charge in [0, 0.05) is 5.54 Å². The maximum atomic E-state index is 6.69. The molecule has 0 aromatic carbocycles. The molecule has 0 saturated heterocycles. The second kappa shape index (κ2) is 9.82. The second-order valence-corrected chi connectivity index (χ2v) is 7.83. The lowest BCUT2D eigenvalue weighted by Crippen LogP contribution is -2.44. The van der Waals surface area contributed by atoms with E-state index in [0.717, 1.165) is 11.8 Å². The highest BCUT2D eigenvalue weighted by molar-refractivity contribution is 4.90. The molecule has 1 saturated carbocycles. The van der Waals surface area contributed by atoms with E-state index in [4.69, 9.17) is 5.73 Å². The topological polar surface area (TPSA) is 26.0 Å². The standard InChI is InChI=1S/C19H39N/c1-4-5-6-7-8-9-10-13-19(20)14-11-12-18(16-19)15-17(2)3/h17-18H,4-16,20H2,1-3H3. The predicted octanol–water partition coefficient (Wildman–Crippen LogP) is 6.06. The predicted molar refractivity (Wildman–Crippen MR) is 90.9 cm³/mol. The quantitative estimate of drug-likeness (QED) is 0.484. The van der Waals surface area contributed by atoms with E-state index in [1.165, 1.54) is 83.5 Å².